The molecule has 0 saturated carbocycles. The number of aliphatic hydroxyl groups is 1. The standard InChI is InChI=1S/C11H17NO3S/c1-7-8(9(14)15)16-10(12-7)11(2,3)5-4-6-13/h13H,4-6H2,1-3H3,(H,14,15). The third-order valence-corrected chi connectivity index (χ3v) is 4.04. The third-order valence-electron chi connectivity index (χ3n) is 2.53. The predicted octanol–water partition coefficient (Wildman–Crippen LogP) is 2.20. The molecule has 5 heteroatoms. The molecule has 0 saturated heterocycles. The first-order valence-corrected chi connectivity index (χ1v) is 6.02. The fourth-order valence-corrected chi connectivity index (χ4v) is 2.55. The Kier molecular flexibility index (Phi) is 4.04. The van der Waals surface area contributed by atoms with Crippen molar-refractivity contribution in [3.05, 3.63) is 15.6 Å². The van der Waals surface area contributed by atoms with Gasteiger partial charge in [0.1, 0.15) is 4.88 Å². The SMILES string of the molecule is Cc1nc(C(C)(C)CCCO)sc1C(=O)O. The average Bonchev–Trinajstić information content (AvgIpc) is 2.58. The van der Waals surface area contributed by atoms with Gasteiger partial charge in [-0.3, -0.25) is 0 Å². The lowest BCUT2D eigenvalue weighted by molar-refractivity contribution is 0.0701. The number of carbonyl (C=O) groups is 1. The number of carboxylic acids is 1. The normalized spacial score (nSPS) is 11.8. The van der Waals surface area contributed by atoms with Gasteiger partial charge in [0.05, 0.1) is 10.7 Å². The van der Waals surface area contributed by atoms with E-state index in [2.05, 4.69) is 4.98 Å². The Hall–Kier alpha value is -0.940. The lowest BCUT2D eigenvalue weighted by Gasteiger charge is -2.21. The van der Waals surface area contributed by atoms with Gasteiger partial charge in [-0.15, -0.1) is 11.3 Å². The van der Waals surface area contributed by atoms with Crippen LogP contribution in [0, 0.1) is 6.92 Å². The van der Waals surface area contributed by atoms with Gasteiger partial charge in [0.25, 0.3) is 0 Å². The Morgan fingerprint density at radius 3 is 2.56 bits per heavy atom. The summed E-state index contributed by atoms with van der Waals surface area (Å²) in [4.78, 5) is 15.5. The van der Waals surface area contributed by atoms with Crippen LogP contribution in [0.4, 0.5) is 0 Å². The van der Waals surface area contributed by atoms with E-state index in [1.54, 1.807) is 6.92 Å². The van der Waals surface area contributed by atoms with E-state index in [1.807, 2.05) is 13.8 Å². The van der Waals surface area contributed by atoms with Gasteiger partial charge in [-0.05, 0) is 19.8 Å². The number of nitrogens with zero attached hydrogens (tertiary/aromatic N) is 1. The molecule has 0 radical (unpaired) electrons. The van der Waals surface area contributed by atoms with E-state index in [4.69, 9.17) is 10.2 Å². The van der Waals surface area contributed by atoms with Gasteiger partial charge in [0, 0.05) is 12.0 Å². The van der Waals surface area contributed by atoms with Gasteiger partial charge in [-0.1, -0.05) is 13.8 Å². The zero-order valence-electron chi connectivity index (χ0n) is 9.78. The topological polar surface area (TPSA) is 70.4 Å². The van der Waals surface area contributed by atoms with Crippen molar-refractivity contribution in [3.8, 4) is 0 Å². The van der Waals surface area contributed by atoms with Crippen LogP contribution in [-0.2, 0) is 5.41 Å². The second-order valence-corrected chi connectivity index (χ2v) is 5.45. The number of thiazole rings is 1. The largest absolute Gasteiger partial charge is 0.477 e. The summed E-state index contributed by atoms with van der Waals surface area (Å²) in [7, 11) is 0. The van der Waals surface area contributed by atoms with Crippen LogP contribution < -0.4 is 0 Å². The van der Waals surface area contributed by atoms with E-state index in [1.165, 1.54) is 11.3 Å². The van der Waals surface area contributed by atoms with Crippen LogP contribution in [0.25, 0.3) is 0 Å². The molecule has 0 spiro atoms. The maximum atomic E-state index is 10.9. The molecule has 0 unspecified atom stereocenters. The quantitative estimate of drug-likeness (QED) is 0.831. The van der Waals surface area contributed by atoms with Gasteiger partial charge in [-0.2, -0.15) is 0 Å². The maximum absolute atomic E-state index is 10.9. The number of aromatic nitrogens is 1. The van der Waals surface area contributed by atoms with Crippen LogP contribution >= 0.6 is 11.3 Å². The van der Waals surface area contributed by atoms with Crippen molar-refractivity contribution >= 4 is 17.3 Å². The van der Waals surface area contributed by atoms with Crippen molar-refractivity contribution in [2.45, 2.75) is 39.0 Å². The molecule has 0 fully saturated rings. The Labute approximate surface area is 99.0 Å². The van der Waals surface area contributed by atoms with Crippen LogP contribution in [0.1, 0.15) is 47.1 Å². The van der Waals surface area contributed by atoms with Crippen LogP contribution in [0.3, 0.4) is 0 Å². The number of hydrogen-bond acceptors (Lipinski definition) is 4. The highest BCUT2D eigenvalue weighted by molar-refractivity contribution is 7.13. The summed E-state index contributed by atoms with van der Waals surface area (Å²) in [5, 5.41) is 18.6. The van der Waals surface area contributed by atoms with Crippen LogP contribution in [0.15, 0.2) is 0 Å². The Balaban J connectivity index is 2.95. The Morgan fingerprint density at radius 2 is 2.12 bits per heavy atom. The molecule has 2 N–H and O–H groups in total. The molecule has 0 aliphatic carbocycles. The summed E-state index contributed by atoms with van der Waals surface area (Å²) in [6.45, 7) is 5.91. The van der Waals surface area contributed by atoms with Crippen molar-refractivity contribution in [3.63, 3.8) is 0 Å². The predicted molar refractivity (Wildman–Crippen MR) is 63.2 cm³/mol. The van der Waals surface area contributed by atoms with Crippen molar-refractivity contribution in [1.82, 2.24) is 4.98 Å². The van der Waals surface area contributed by atoms with E-state index in [0.717, 1.165) is 11.4 Å². The molecule has 4 nitrogen and oxygen atoms in total. The molecular formula is C11H17NO3S. The number of hydrogen-bond donors (Lipinski definition) is 2. The van der Waals surface area contributed by atoms with E-state index >= 15 is 0 Å². The molecule has 1 aromatic heterocycles. The summed E-state index contributed by atoms with van der Waals surface area (Å²) in [6.07, 6.45) is 1.50. The number of aliphatic hydroxyl groups excluding tert-OH is 1. The maximum Gasteiger partial charge on any atom is 0.347 e. The minimum absolute atomic E-state index is 0.152. The van der Waals surface area contributed by atoms with Crippen molar-refractivity contribution in [2.24, 2.45) is 0 Å². The monoisotopic (exact) mass is 243 g/mol. The first kappa shape index (κ1) is 13.1. The summed E-state index contributed by atoms with van der Waals surface area (Å²) in [5.41, 5.74) is 0.399. The fraction of sp³-hybridized carbons (Fsp3) is 0.636. The molecular weight excluding hydrogens is 226 g/mol. The van der Waals surface area contributed by atoms with E-state index in [0.29, 0.717) is 17.0 Å². The molecule has 0 amide bonds. The van der Waals surface area contributed by atoms with Gasteiger partial charge in [0.2, 0.25) is 0 Å². The molecule has 1 aromatic rings. The van der Waals surface area contributed by atoms with Crippen LogP contribution in [0.2, 0.25) is 0 Å². The summed E-state index contributed by atoms with van der Waals surface area (Å²) >= 11 is 1.23. The molecule has 0 aliphatic heterocycles. The highest BCUT2D eigenvalue weighted by Gasteiger charge is 2.26. The third kappa shape index (κ3) is 2.80. The van der Waals surface area contributed by atoms with Gasteiger partial charge < -0.3 is 10.2 Å². The first-order valence-electron chi connectivity index (χ1n) is 5.20. The highest BCUT2D eigenvalue weighted by atomic mass is 32.1. The number of carboxylic acid groups (broad SMARTS) is 1. The zero-order valence-corrected chi connectivity index (χ0v) is 10.6. The second kappa shape index (κ2) is 4.93. The highest BCUT2D eigenvalue weighted by Crippen LogP contribution is 2.33. The van der Waals surface area contributed by atoms with Crippen molar-refractivity contribution in [1.29, 1.82) is 0 Å². The van der Waals surface area contributed by atoms with Gasteiger partial charge >= 0.3 is 5.97 Å². The van der Waals surface area contributed by atoms with Crippen molar-refractivity contribution in [2.75, 3.05) is 6.61 Å². The summed E-state index contributed by atoms with van der Waals surface area (Å²) in [5.74, 6) is -0.917. The van der Waals surface area contributed by atoms with Crippen LogP contribution in [-0.4, -0.2) is 27.8 Å². The molecule has 0 aromatic carbocycles. The van der Waals surface area contributed by atoms with Crippen LogP contribution in [0.5, 0.6) is 0 Å². The number of aromatic carboxylic acids is 1. The molecule has 1 heterocycles. The zero-order chi connectivity index (χ0) is 12.3. The van der Waals surface area contributed by atoms with E-state index < -0.39 is 5.97 Å². The fourth-order valence-electron chi connectivity index (χ4n) is 1.51. The van der Waals surface area contributed by atoms with Gasteiger partial charge in [0.15, 0.2) is 0 Å². The molecule has 90 valence electrons. The van der Waals surface area contributed by atoms with E-state index in [9.17, 15) is 4.79 Å². The average molecular weight is 243 g/mol. The van der Waals surface area contributed by atoms with E-state index in [-0.39, 0.29) is 12.0 Å². The molecule has 0 aliphatic rings. The first-order chi connectivity index (χ1) is 7.38. The second-order valence-electron chi connectivity index (χ2n) is 4.45. The Bertz CT molecular complexity index is 385. The smallest absolute Gasteiger partial charge is 0.347 e. The molecule has 0 bridgehead atoms. The molecule has 1 rings (SSSR count). The minimum Gasteiger partial charge on any atom is -0.477 e. The Morgan fingerprint density at radius 1 is 1.50 bits per heavy atom. The molecule has 16 heavy (non-hydrogen) atoms. The molecule has 0 atom stereocenters. The number of rotatable bonds is 5. The van der Waals surface area contributed by atoms with Gasteiger partial charge in [-0.25, -0.2) is 9.78 Å². The summed E-state index contributed by atoms with van der Waals surface area (Å²) in [6, 6.07) is 0. The van der Waals surface area contributed by atoms with Crippen molar-refractivity contribution < 1.29 is 15.0 Å². The number of aryl methyl sites for hydroxylation is 1. The summed E-state index contributed by atoms with van der Waals surface area (Å²) < 4.78 is 0. The minimum atomic E-state index is -0.917. The lowest BCUT2D eigenvalue weighted by atomic mass is 9.89. The lowest BCUT2D eigenvalue weighted by Crippen LogP contribution is -2.17.